The lowest BCUT2D eigenvalue weighted by molar-refractivity contribution is -0.211. The molecule has 3 heterocycles. The lowest BCUT2D eigenvalue weighted by atomic mass is 9.80. The van der Waals surface area contributed by atoms with Gasteiger partial charge in [-0.3, -0.25) is 4.79 Å². The van der Waals surface area contributed by atoms with Crippen LogP contribution in [0.4, 0.5) is 0 Å². The fraction of sp³-hybridized carbons (Fsp3) is 0.591. The number of carbonyl (C=O) groups excluding carboxylic acids is 3. The zero-order valence-corrected chi connectivity index (χ0v) is 17.9. The van der Waals surface area contributed by atoms with E-state index < -0.39 is 53.5 Å². The van der Waals surface area contributed by atoms with Crippen LogP contribution in [0.25, 0.3) is 0 Å². The third kappa shape index (κ3) is 3.81. The molecule has 0 spiro atoms. The van der Waals surface area contributed by atoms with Gasteiger partial charge in [0.1, 0.15) is 23.9 Å². The van der Waals surface area contributed by atoms with Crippen molar-refractivity contribution < 1.29 is 38.4 Å². The van der Waals surface area contributed by atoms with Gasteiger partial charge in [-0.05, 0) is 39.3 Å². The molecular weight excluding hydrogens is 392 g/mol. The van der Waals surface area contributed by atoms with Crippen LogP contribution in [-0.4, -0.2) is 52.7 Å². The molecule has 0 aromatic rings. The highest BCUT2D eigenvalue weighted by Gasteiger charge is 2.59. The van der Waals surface area contributed by atoms with E-state index in [1.54, 1.807) is 39.8 Å². The Kier molecular flexibility index (Phi) is 5.68. The molecule has 3 aliphatic heterocycles. The monoisotopic (exact) mass is 420 g/mol. The number of hydrogen-bond donors (Lipinski definition) is 1. The zero-order valence-electron chi connectivity index (χ0n) is 17.9. The number of carbonyl (C=O) groups is 3. The predicted molar refractivity (Wildman–Crippen MR) is 105 cm³/mol. The number of allylic oxidation sites excluding steroid dienone is 1. The number of rotatable bonds is 3. The van der Waals surface area contributed by atoms with E-state index in [1.165, 1.54) is 6.92 Å². The van der Waals surface area contributed by atoms with Gasteiger partial charge in [0, 0.05) is 30.9 Å². The van der Waals surface area contributed by atoms with Gasteiger partial charge in [-0.25, -0.2) is 9.59 Å². The first kappa shape index (κ1) is 22.2. The molecular formula is C22H28O8. The number of esters is 3. The molecule has 0 aromatic carbocycles. The molecule has 1 N–H and O–H groups in total. The van der Waals surface area contributed by atoms with Crippen LogP contribution in [0.2, 0.25) is 0 Å². The lowest BCUT2D eigenvalue weighted by Crippen LogP contribution is -2.46. The fourth-order valence-corrected chi connectivity index (χ4v) is 4.29. The largest absolute Gasteiger partial charge is 0.459 e. The summed E-state index contributed by atoms with van der Waals surface area (Å²) < 4.78 is 22.7. The van der Waals surface area contributed by atoms with Gasteiger partial charge in [0.05, 0.1) is 5.92 Å². The van der Waals surface area contributed by atoms with Crippen molar-refractivity contribution >= 4 is 17.9 Å². The minimum atomic E-state index is -1.71. The maximum atomic E-state index is 12.6. The summed E-state index contributed by atoms with van der Waals surface area (Å²) in [4.78, 5) is 36.5. The highest BCUT2D eigenvalue weighted by atomic mass is 16.7. The van der Waals surface area contributed by atoms with Crippen LogP contribution in [-0.2, 0) is 33.3 Å². The Balaban J connectivity index is 2.09. The van der Waals surface area contributed by atoms with E-state index >= 15 is 0 Å². The lowest BCUT2D eigenvalue weighted by Gasteiger charge is -2.35. The summed E-state index contributed by atoms with van der Waals surface area (Å²) in [6, 6.07) is 0. The molecule has 164 valence electrons. The molecule has 3 rings (SSSR count). The van der Waals surface area contributed by atoms with E-state index in [4.69, 9.17) is 18.9 Å². The average molecular weight is 420 g/mol. The van der Waals surface area contributed by atoms with E-state index in [9.17, 15) is 19.5 Å². The van der Waals surface area contributed by atoms with E-state index in [2.05, 4.69) is 6.58 Å². The van der Waals surface area contributed by atoms with Gasteiger partial charge in [0.15, 0.2) is 5.79 Å². The van der Waals surface area contributed by atoms with Gasteiger partial charge >= 0.3 is 17.9 Å². The van der Waals surface area contributed by atoms with Crippen molar-refractivity contribution in [2.45, 2.75) is 77.2 Å². The molecule has 0 saturated carbocycles. The molecule has 0 aromatic heterocycles. The second kappa shape index (κ2) is 7.67. The van der Waals surface area contributed by atoms with Crippen molar-refractivity contribution in [1.29, 1.82) is 0 Å². The summed E-state index contributed by atoms with van der Waals surface area (Å²) in [5.41, 5.74) is -0.181. The van der Waals surface area contributed by atoms with Crippen LogP contribution in [0.15, 0.2) is 35.5 Å². The van der Waals surface area contributed by atoms with Crippen molar-refractivity contribution in [3.63, 3.8) is 0 Å². The summed E-state index contributed by atoms with van der Waals surface area (Å²) in [6.45, 7) is 11.8. The van der Waals surface area contributed by atoms with Crippen LogP contribution in [0, 0.1) is 5.92 Å². The van der Waals surface area contributed by atoms with Gasteiger partial charge in [-0.2, -0.15) is 0 Å². The normalized spacial score (nSPS) is 40.3. The topological polar surface area (TPSA) is 108 Å². The van der Waals surface area contributed by atoms with Crippen LogP contribution in [0.3, 0.4) is 0 Å². The third-order valence-electron chi connectivity index (χ3n) is 6.17. The molecule has 2 bridgehead atoms. The molecule has 2 saturated heterocycles. The number of ether oxygens (including phenoxy) is 4. The smallest absolute Gasteiger partial charge is 0.334 e. The summed E-state index contributed by atoms with van der Waals surface area (Å²) in [7, 11) is 0. The van der Waals surface area contributed by atoms with E-state index in [1.807, 2.05) is 0 Å². The van der Waals surface area contributed by atoms with Crippen molar-refractivity contribution in [2.75, 3.05) is 0 Å². The third-order valence-corrected chi connectivity index (χ3v) is 6.17. The first-order valence-electron chi connectivity index (χ1n) is 9.92. The Bertz CT molecular complexity index is 855. The predicted octanol–water partition coefficient (Wildman–Crippen LogP) is 2.11. The first-order valence-corrected chi connectivity index (χ1v) is 9.92. The Labute approximate surface area is 175 Å². The quantitative estimate of drug-likeness (QED) is 0.320. The van der Waals surface area contributed by atoms with Crippen molar-refractivity contribution in [2.24, 2.45) is 5.92 Å². The van der Waals surface area contributed by atoms with E-state index in [-0.39, 0.29) is 18.4 Å². The van der Waals surface area contributed by atoms with Crippen LogP contribution in [0.1, 0.15) is 47.5 Å². The number of hydrogen-bond acceptors (Lipinski definition) is 8. The molecule has 8 nitrogen and oxygen atoms in total. The number of fused-ring (bicyclic) bond motifs is 3. The van der Waals surface area contributed by atoms with Gasteiger partial charge < -0.3 is 24.1 Å². The second-order valence-corrected chi connectivity index (χ2v) is 8.39. The highest BCUT2D eigenvalue weighted by molar-refractivity contribution is 5.92. The molecule has 0 radical (unpaired) electrons. The van der Waals surface area contributed by atoms with Gasteiger partial charge in [-0.15, -0.1) is 0 Å². The standard InChI is InChI=1S/C22H28O8/c1-7-11(2)19(24)29-16-9-21(6)17(27-14(5)23)10-22(26,30-21)12(3)8-15-18(16)13(4)20(25)28-15/h7-8,15-18,26H,4,9-10H2,1-3,5-6H3/b11-7-,12-8-/t15-,16+,17-,18-,21+,22+/m0/s1. The summed E-state index contributed by atoms with van der Waals surface area (Å²) >= 11 is 0. The molecule has 2 fully saturated rings. The molecule has 8 heteroatoms. The van der Waals surface area contributed by atoms with Crippen LogP contribution < -0.4 is 0 Å². The second-order valence-electron chi connectivity index (χ2n) is 8.39. The average Bonchev–Trinajstić information content (AvgIpc) is 3.06. The molecule has 6 atom stereocenters. The molecule has 3 aliphatic rings. The Morgan fingerprint density at radius 2 is 1.97 bits per heavy atom. The minimum absolute atomic E-state index is 0.00620. The molecule has 0 amide bonds. The van der Waals surface area contributed by atoms with E-state index in [0.29, 0.717) is 11.1 Å². The Morgan fingerprint density at radius 3 is 2.57 bits per heavy atom. The number of aliphatic hydroxyl groups is 1. The summed E-state index contributed by atoms with van der Waals surface area (Å²) in [5, 5.41) is 11.2. The van der Waals surface area contributed by atoms with E-state index in [0.717, 1.165) is 0 Å². The minimum Gasteiger partial charge on any atom is -0.459 e. The maximum absolute atomic E-state index is 12.6. The van der Waals surface area contributed by atoms with Gasteiger partial charge in [-0.1, -0.05) is 12.7 Å². The first-order chi connectivity index (χ1) is 13.9. The Hall–Kier alpha value is -2.45. The van der Waals surface area contributed by atoms with Crippen molar-refractivity contribution in [3.05, 3.63) is 35.5 Å². The maximum Gasteiger partial charge on any atom is 0.334 e. The van der Waals surface area contributed by atoms with Gasteiger partial charge in [0.2, 0.25) is 0 Å². The van der Waals surface area contributed by atoms with Gasteiger partial charge in [0.25, 0.3) is 0 Å². The molecule has 0 unspecified atom stereocenters. The zero-order chi connectivity index (χ0) is 22.4. The molecule has 30 heavy (non-hydrogen) atoms. The van der Waals surface area contributed by atoms with Crippen LogP contribution >= 0.6 is 0 Å². The SMILES string of the molecule is C=C1C(=O)O[C@H]2/C=C(/C)[C@@]3(O)C[C@H](OC(C)=O)[C@@](C)(C[C@@H](OC(=O)/C(C)=C\C)[C@@H]12)O3. The Morgan fingerprint density at radius 1 is 1.30 bits per heavy atom. The van der Waals surface area contributed by atoms with Crippen molar-refractivity contribution in [1.82, 2.24) is 0 Å². The molecule has 0 aliphatic carbocycles. The van der Waals surface area contributed by atoms with Crippen LogP contribution in [0.5, 0.6) is 0 Å². The fourth-order valence-electron chi connectivity index (χ4n) is 4.29. The summed E-state index contributed by atoms with van der Waals surface area (Å²) in [5.74, 6) is -4.02. The highest BCUT2D eigenvalue weighted by Crippen LogP contribution is 2.49. The summed E-state index contributed by atoms with van der Waals surface area (Å²) in [6.07, 6.45) is 0.875. The van der Waals surface area contributed by atoms with Crippen molar-refractivity contribution in [3.8, 4) is 0 Å².